The number of para-hydroxylation sites is 2. The first-order valence-electron chi connectivity index (χ1n) is 11.6. The number of benzene rings is 2. The predicted octanol–water partition coefficient (Wildman–Crippen LogP) is 5.24. The third-order valence-corrected chi connectivity index (χ3v) is 8.31. The predicted molar refractivity (Wildman–Crippen MR) is 132 cm³/mol. The molecule has 0 fully saturated rings. The number of rotatable bonds is 10. The smallest absolute Gasteiger partial charge is 0.242 e. The van der Waals surface area contributed by atoms with E-state index < -0.39 is 15.3 Å². The van der Waals surface area contributed by atoms with Crippen molar-refractivity contribution in [3.8, 4) is 0 Å². The third kappa shape index (κ3) is 4.86. The van der Waals surface area contributed by atoms with Gasteiger partial charge in [-0.25, -0.2) is 8.42 Å². The minimum Gasteiger partial charge on any atom is -0.280 e. The molecule has 0 aliphatic carbocycles. The van der Waals surface area contributed by atoms with Gasteiger partial charge < -0.3 is 0 Å². The van der Waals surface area contributed by atoms with Crippen molar-refractivity contribution in [2.24, 2.45) is 0 Å². The van der Waals surface area contributed by atoms with E-state index in [9.17, 15) is 13.2 Å². The summed E-state index contributed by atoms with van der Waals surface area (Å²) in [6, 6.07) is 21.6. The van der Waals surface area contributed by atoms with Crippen LogP contribution in [0.25, 0.3) is 0 Å². The Morgan fingerprint density at radius 2 is 1.58 bits per heavy atom. The van der Waals surface area contributed by atoms with Gasteiger partial charge in [-0.3, -0.25) is 14.7 Å². The number of fused-ring (bicyclic) bond motifs is 1. The highest BCUT2D eigenvalue weighted by atomic mass is 32.2. The zero-order valence-corrected chi connectivity index (χ0v) is 19.8. The maximum absolute atomic E-state index is 14.2. The van der Waals surface area contributed by atoms with Gasteiger partial charge in [-0.15, -0.1) is 0 Å². The number of pyridine rings is 1. The molecule has 0 spiro atoms. The molecule has 2 heterocycles. The lowest BCUT2D eigenvalue weighted by Crippen LogP contribution is -2.40. The highest BCUT2D eigenvalue weighted by molar-refractivity contribution is 7.91. The molecule has 33 heavy (non-hydrogen) atoms. The topological polar surface area (TPSA) is 67.3 Å². The molecule has 0 radical (unpaired) electrons. The number of anilines is 2. The van der Waals surface area contributed by atoms with E-state index in [-0.39, 0.29) is 17.4 Å². The maximum Gasteiger partial charge on any atom is 0.242 e. The van der Waals surface area contributed by atoms with E-state index in [2.05, 4.69) is 4.98 Å². The molecule has 1 atom stereocenters. The molecule has 172 valence electrons. The molecule has 1 unspecified atom stereocenters. The molecule has 1 amide bonds. The minimum atomic E-state index is -3.04. The fourth-order valence-corrected chi connectivity index (χ4v) is 6.33. The molecule has 5 nitrogen and oxygen atoms in total. The van der Waals surface area contributed by atoms with Crippen molar-refractivity contribution in [2.75, 3.05) is 16.4 Å². The van der Waals surface area contributed by atoms with Crippen molar-refractivity contribution in [1.29, 1.82) is 0 Å². The highest BCUT2D eigenvalue weighted by Gasteiger charge is 2.50. The average molecular weight is 463 g/mol. The summed E-state index contributed by atoms with van der Waals surface area (Å²) >= 11 is 0. The first kappa shape index (κ1) is 23.2. The maximum atomic E-state index is 14.2. The average Bonchev–Trinajstić information content (AvgIpc) is 3.06. The summed E-state index contributed by atoms with van der Waals surface area (Å²) in [6.45, 7) is 1.88. The lowest BCUT2D eigenvalue weighted by molar-refractivity contribution is -0.122. The van der Waals surface area contributed by atoms with Gasteiger partial charge in [0.1, 0.15) is 9.84 Å². The summed E-state index contributed by atoms with van der Waals surface area (Å²) in [4.78, 5) is 20.1. The highest BCUT2D eigenvalue weighted by Crippen LogP contribution is 2.49. The Labute approximate surface area is 196 Å². The number of nitrogens with zero attached hydrogens (tertiary/aromatic N) is 2. The minimum absolute atomic E-state index is 0.0446. The summed E-state index contributed by atoms with van der Waals surface area (Å²) in [5, 5.41) is 0. The largest absolute Gasteiger partial charge is 0.280 e. The molecule has 6 heteroatoms. The molecule has 0 N–H and O–H groups in total. The summed E-state index contributed by atoms with van der Waals surface area (Å²) < 4.78 is 24.4. The molecule has 1 aliphatic rings. The van der Waals surface area contributed by atoms with Crippen LogP contribution in [0.3, 0.4) is 0 Å². The number of sulfone groups is 1. The van der Waals surface area contributed by atoms with Crippen LogP contribution in [0, 0.1) is 0 Å². The SMILES string of the molecule is CCCS(=O)(=O)CCCCC1(Cc2ccncc2)C(=O)N(c2ccccc2)c2ccccc21. The van der Waals surface area contributed by atoms with Gasteiger partial charge in [-0.05, 0) is 67.1 Å². The van der Waals surface area contributed by atoms with Crippen LogP contribution >= 0.6 is 0 Å². The normalized spacial score (nSPS) is 17.8. The Balaban J connectivity index is 1.70. The third-order valence-electron chi connectivity index (χ3n) is 6.37. The number of unbranched alkanes of at least 4 members (excludes halogenated alkanes) is 1. The van der Waals surface area contributed by atoms with Gasteiger partial charge in [0.2, 0.25) is 5.91 Å². The van der Waals surface area contributed by atoms with E-state index in [0.29, 0.717) is 32.1 Å². The summed E-state index contributed by atoms with van der Waals surface area (Å²) in [5.41, 5.74) is 3.05. The Morgan fingerprint density at radius 3 is 2.30 bits per heavy atom. The molecule has 1 aliphatic heterocycles. The van der Waals surface area contributed by atoms with Gasteiger partial charge in [0.25, 0.3) is 0 Å². The van der Waals surface area contributed by atoms with E-state index in [1.54, 1.807) is 12.4 Å². The Hall–Kier alpha value is -2.99. The summed E-state index contributed by atoms with van der Waals surface area (Å²) in [5.74, 6) is 0.437. The Kier molecular flexibility index (Phi) is 6.94. The van der Waals surface area contributed by atoms with E-state index in [1.165, 1.54) is 0 Å². The van der Waals surface area contributed by atoms with Gasteiger partial charge in [-0.1, -0.05) is 49.7 Å². The van der Waals surface area contributed by atoms with Crippen molar-refractivity contribution >= 4 is 27.1 Å². The molecule has 0 saturated carbocycles. The van der Waals surface area contributed by atoms with Crippen LogP contribution in [0.1, 0.15) is 43.7 Å². The number of amides is 1. The standard InChI is InChI=1S/C27H30N2O3S/c1-2-19-33(31,32)20-9-8-16-27(21-22-14-17-28-18-15-22)24-12-6-7-13-25(24)29(26(27)30)23-10-4-3-5-11-23/h3-7,10-15,17-18H,2,8-9,16,19-21H2,1H3. The molecule has 1 aromatic heterocycles. The van der Waals surface area contributed by atoms with Crippen LogP contribution in [0.2, 0.25) is 0 Å². The van der Waals surface area contributed by atoms with Gasteiger partial charge >= 0.3 is 0 Å². The molecular formula is C27H30N2O3S. The Bertz CT molecular complexity index is 1200. The van der Waals surface area contributed by atoms with Crippen LogP contribution in [0.15, 0.2) is 79.1 Å². The van der Waals surface area contributed by atoms with E-state index in [0.717, 1.165) is 22.5 Å². The number of carbonyl (C=O) groups excluding carboxylic acids is 1. The van der Waals surface area contributed by atoms with E-state index in [1.807, 2.05) is 78.6 Å². The number of hydrogen-bond acceptors (Lipinski definition) is 4. The van der Waals surface area contributed by atoms with Crippen LogP contribution in [0.5, 0.6) is 0 Å². The monoisotopic (exact) mass is 462 g/mol. The second kappa shape index (κ2) is 9.87. The van der Waals surface area contributed by atoms with Crippen molar-refractivity contribution < 1.29 is 13.2 Å². The lowest BCUT2D eigenvalue weighted by atomic mass is 9.73. The number of carbonyl (C=O) groups is 1. The van der Waals surface area contributed by atoms with Gasteiger partial charge in [-0.2, -0.15) is 0 Å². The first-order valence-corrected chi connectivity index (χ1v) is 13.4. The van der Waals surface area contributed by atoms with Crippen LogP contribution in [-0.2, 0) is 26.5 Å². The van der Waals surface area contributed by atoms with Gasteiger partial charge in [0, 0.05) is 23.8 Å². The summed E-state index contributed by atoms with van der Waals surface area (Å²) in [7, 11) is -3.04. The lowest BCUT2D eigenvalue weighted by Gasteiger charge is -2.29. The second-order valence-corrected chi connectivity index (χ2v) is 11.0. The second-order valence-electron chi connectivity index (χ2n) is 8.72. The van der Waals surface area contributed by atoms with Crippen molar-refractivity contribution in [3.05, 3.63) is 90.3 Å². The van der Waals surface area contributed by atoms with Gasteiger partial charge in [0.15, 0.2) is 0 Å². The fourth-order valence-electron chi connectivity index (χ4n) is 4.86. The van der Waals surface area contributed by atoms with Crippen molar-refractivity contribution in [2.45, 2.75) is 44.4 Å². The number of aromatic nitrogens is 1. The van der Waals surface area contributed by atoms with Crippen molar-refractivity contribution in [3.63, 3.8) is 0 Å². The molecule has 0 saturated heterocycles. The molecule has 3 aromatic rings. The molecule has 0 bridgehead atoms. The molecule has 4 rings (SSSR count). The van der Waals surface area contributed by atoms with Crippen molar-refractivity contribution in [1.82, 2.24) is 4.98 Å². The van der Waals surface area contributed by atoms with Crippen LogP contribution in [0.4, 0.5) is 11.4 Å². The molecule has 2 aromatic carbocycles. The zero-order valence-electron chi connectivity index (χ0n) is 19.0. The zero-order chi connectivity index (χ0) is 23.3. The van der Waals surface area contributed by atoms with E-state index in [4.69, 9.17) is 0 Å². The Morgan fingerprint density at radius 1 is 0.879 bits per heavy atom. The summed E-state index contributed by atoms with van der Waals surface area (Å²) in [6.07, 6.45) is 6.50. The van der Waals surface area contributed by atoms with E-state index >= 15 is 0 Å². The quantitative estimate of drug-likeness (QED) is 0.387. The fraction of sp³-hybridized carbons (Fsp3) is 0.333. The number of hydrogen-bond donors (Lipinski definition) is 0. The van der Waals surface area contributed by atoms with Gasteiger partial charge in [0.05, 0.1) is 16.9 Å². The molecular weight excluding hydrogens is 432 g/mol. The van der Waals surface area contributed by atoms with Crippen LogP contribution < -0.4 is 4.90 Å². The van der Waals surface area contributed by atoms with Crippen LogP contribution in [-0.4, -0.2) is 30.8 Å². The first-order chi connectivity index (χ1) is 16.0.